The van der Waals surface area contributed by atoms with Crippen LogP contribution in [0.5, 0.6) is 5.75 Å². The average Bonchev–Trinajstić information content (AvgIpc) is 2.52. The van der Waals surface area contributed by atoms with Gasteiger partial charge in [0.05, 0.1) is 12.7 Å². The van der Waals surface area contributed by atoms with Crippen LogP contribution in [0.15, 0.2) is 24.3 Å². The predicted molar refractivity (Wildman–Crippen MR) is 82.1 cm³/mol. The first kappa shape index (κ1) is 15.3. The van der Waals surface area contributed by atoms with Crippen molar-refractivity contribution >= 4 is 0 Å². The first-order valence-corrected chi connectivity index (χ1v) is 7.94. The molecule has 1 atom stereocenters. The van der Waals surface area contributed by atoms with Crippen LogP contribution in [-0.2, 0) is 0 Å². The standard InChI is InChI=1S/C17H27NO2/c1-2-12-20-16-10-8-14(9-11-16)17(19)13-18-15-6-4-3-5-7-15/h8-11,15,17-19H,2-7,12-13H2,1H3. The van der Waals surface area contributed by atoms with Gasteiger partial charge in [-0.15, -0.1) is 0 Å². The molecule has 1 fully saturated rings. The molecule has 0 aromatic heterocycles. The minimum absolute atomic E-state index is 0.433. The fourth-order valence-corrected chi connectivity index (χ4v) is 2.71. The van der Waals surface area contributed by atoms with Crippen molar-refractivity contribution in [2.75, 3.05) is 13.2 Å². The van der Waals surface area contributed by atoms with E-state index < -0.39 is 6.10 Å². The average molecular weight is 277 g/mol. The Hall–Kier alpha value is -1.06. The number of hydrogen-bond acceptors (Lipinski definition) is 3. The van der Waals surface area contributed by atoms with E-state index in [2.05, 4.69) is 12.2 Å². The molecule has 1 aromatic carbocycles. The number of hydrogen-bond donors (Lipinski definition) is 2. The molecule has 112 valence electrons. The van der Waals surface area contributed by atoms with Gasteiger partial charge in [-0.3, -0.25) is 0 Å². The van der Waals surface area contributed by atoms with Crippen LogP contribution >= 0.6 is 0 Å². The maximum Gasteiger partial charge on any atom is 0.119 e. The third kappa shape index (κ3) is 4.80. The van der Waals surface area contributed by atoms with E-state index in [1.54, 1.807) is 0 Å². The minimum atomic E-state index is -0.433. The van der Waals surface area contributed by atoms with Gasteiger partial charge in [0, 0.05) is 12.6 Å². The number of benzene rings is 1. The van der Waals surface area contributed by atoms with Crippen LogP contribution in [-0.4, -0.2) is 24.3 Å². The molecule has 20 heavy (non-hydrogen) atoms. The molecular weight excluding hydrogens is 250 g/mol. The highest BCUT2D eigenvalue weighted by Gasteiger charge is 2.15. The summed E-state index contributed by atoms with van der Waals surface area (Å²) in [5, 5.41) is 13.7. The van der Waals surface area contributed by atoms with Crippen molar-refractivity contribution in [3.05, 3.63) is 29.8 Å². The van der Waals surface area contributed by atoms with Crippen LogP contribution in [0.4, 0.5) is 0 Å². The van der Waals surface area contributed by atoms with E-state index in [0.29, 0.717) is 12.6 Å². The third-order valence-corrected chi connectivity index (χ3v) is 3.94. The van der Waals surface area contributed by atoms with Crippen molar-refractivity contribution in [2.24, 2.45) is 0 Å². The summed E-state index contributed by atoms with van der Waals surface area (Å²) in [6.45, 7) is 3.47. The van der Waals surface area contributed by atoms with E-state index in [1.165, 1.54) is 32.1 Å². The molecule has 0 spiro atoms. The number of aliphatic hydroxyl groups is 1. The SMILES string of the molecule is CCCOc1ccc(C(O)CNC2CCCCC2)cc1. The van der Waals surface area contributed by atoms with Crippen LogP contribution < -0.4 is 10.1 Å². The van der Waals surface area contributed by atoms with Gasteiger partial charge >= 0.3 is 0 Å². The van der Waals surface area contributed by atoms with Gasteiger partial charge in [0.2, 0.25) is 0 Å². The molecule has 0 aliphatic heterocycles. The summed E-state index contributed by atoms with van der Waals surface area (Å²) >= 11 is 0. The lowest BCUT2D eigenvalue weighted by atomic mass is 9.95. The zero-order valence-electron chi connectivity index (χ0n) is 12.5. The van der Waals surface area contributed by atoms with Gasteiger partial charge in [-0.05, 0) is 37.0 Å². The molecule has 2 rings (SSSR count). The van der Waals surface area contributed by atoms with Crippen molar-refractivity contribution in [1.82, 2.24) is 5.32 Å². The highest BCUT2D eigenvalue weighted by Crippen LogP contribution is 2.20. The number of nitrogens with one attached hydrogen (secondary N) is 1. The third-order valence-electron chi connectivity index (χ3n) is 3.94. The Kier molecular flexibility index (Phi) is 6.34. The van der Waals surface area contributed by atoms with Gasteiger partial charge < -0.3 is 15.2 Å². The van der Waals surface area contributed by atoms with E-state index in [4.69, 9.17) is 4.74 Å². The molecule has 2 N–H and O–H groups in total. The lowest BCUT2D eigenvalue weighted by molar-refractivity contribution is 0.165. The largest absolute Gasteiger partial charge is 0.494 e. The Morgan fingerprint density at radius 3 is 2.55 bits per heavy atom. The molecule has 0 bridgehead atoms. The van der Waals surface area contributed by atoms with Crippen LogP contribution in [0.25, 0.3) is 0 Å². The zero-order valence-corrected chi connectivity index (χ0v) is 12.5. The monoisotopic (exact) mass is 277 g/mol. The normalized spacial score (nSPS) is 17.9. The maximum absolute atomic E-state index is 10.2. The second-order valence-electron chi connectivity index (χ2n) is 5.68. The van der Waals surface area contributed by atoms with Crippen molar-refractivity contribution in [2.45, 2.75) is 57.6 Å². The Labute approximate surface area is 122 Å². The fraction of sp³-hybridized carbons (Fsp3) is 0.647. The van der Waals surface area contributed by atoms with Crippen LogP contribution in [0, 0.1) is 0 Å². The molecule has 0 saturated heterocycles. The summed E-state index contributed by atoms with van der Waals surface area (Å²) in [7, 11) is 0. The molecule has 1 unspecified atom stereocenters. The molecule has 0 heterocycles. The molecule has 3 nitrogen and oxygen atoms in total. The van der Waals surface area contributed by atoms with Crippen molar-refractivity contribution in [3.8, 4) is 5.75 Å². The van der Waals surface area contributed by atoms with Gasteiger partial charge in [-0.25, -0.2) is 0 Å². The summed E-state index contributed by atoms with van der Waals surface area (Å²) in [5.41, 5.74) is 0.956. The molecule has 1 aliphatic rings. The summed E-state index contributed by atoms with van der Waals surface area (Å²) in [5.74, 6) is 0.878. The molecule has 1 aliphatic carbocycles. The minimum Gasteiger partial charge on any atom is -0.494 e. The summed E-state index contributed by atoms with van der Waals surface area (Å²) < 4.78 is 5.55. The van der Waals surface area contributed by atoms with Crippen molar-refractivity contribution in [3.63, 3.8) is 0 Å². The highest BCUT2D eigenvalue weighted by atomic mass is 16.5. The lowest BCUT2D eigenvalue weighted by Gasteiger charge is -2.24. The van der Waals surface area contributed by atoms with Gasteiger partial charge in [0.25, 0.3) is 0 Å². The van der Waals surface area contributed by atoms with Gasteiger partial charge in [-0.1, -0.05) is 38.3 Å². The smallest absolute Gasteiger partial charge is 0.119 e. The van der Waals surface area contributed by atoms with E-state index in [9.17, 15) is 5.11 Å². The molecule has 1 aromatic rings. The second-order valence-corrected chi connectivity index (χ2v) is 5.68. The van der Waals surface area contributed by atoms with Crippen molar-refractivity contribution in [1.29, 1.82) is 0 Å². The summed E-state index contributed by atoms with van der Waals surface area (Å²) in [6.07, 6.45) is 7.06. The Bertz CT molecular complexity index is 371. The number of aliphatic hydroxyl groups excluding tert-OH is 1. The quantitative estimate of drug-likeness (QED) is 0.802. The van der Waals surface area contributed by atoms with E-state index >= 15 is 0 Å². The van der Waals surface area contributed by atoms with E-state index in [-0.39, 0.29) is 0 Å². The predicted octanol–water partition coefficient (Wildman–Crippen LogP) is 3.43. The molecule has 0 radical (unpaired) electrons. The Balaban J connectivity index is 1.77. The molecular formula is C17H27NO2. The van der Waals surface area contributed by atoms with Crippen LogP contribution in [0.1, 0.15) is 57.1 Å². The topological polar surface area (TPSA) is 41.5 Å². The lowest BCUT2D eigenvalue weighted by Crippen LogP contribution is -2.34. The Morgan fingerprint density at radius 1 is 1.20 bits per heavy atom. The van der Waals surface area contributed by atoms with E-state index in [0.717, 1.165) is 24.3 Å². The highest BCUT2D eigenvalue weighted by molar-refractivity contribution is 5.28. The summed E-state index contributed by atoms with van der Waals surface area (Å²) in [4.78, 5) is 0. The molecule has 0 amide bonds. The summed E-state index contributed by atoms with van der Waals surface area (Å²) in [6, 6.07) is 8.38. The number of rotatable bonds is 7. The fourth-order valence-electron chi connectivity index (χ4n) is 2.71. The Morgan fingerprint density at radius 2 is 1.90 bits per heavy atom. The number of ether oxygens (including phenoxy) is 1. The maximum atomic E-state index is 10.2. The molecule has 1 saturated carbocycles. The van der Waals surface area contributed by atoms with Gasteiger partial charge in [0.1, 0.15) is 5.75 Å². The second kappa shape index (κ2) is 8.28. The van der Waals surface area contributed by atoms with Crippen LogP contribution in [0.2, 0.25) is 0 Å². The molecule has 3 heteroatoms. The van der Waals surface area contributed by atoms with Crippen LogP contribution in [0.3, 0.4) is 0 Å². The van der Waals surface area contributed by atoms with Crippen molar-refractivity contribution < 1.29 is 9.84 Å². The first-order chi connectivity index (χ1) is 9.79. The zero-order chi connectivity index (χ0) is 14.2. The first-order valence-electron chi connectivity index (χ1n) is 7.94. The van der Waals surface area contributed by atoms with E-state index in [1.807, 2.05) is 24.3 Å². The van der Waals surface area contributed by atoms with Gasteiger partial charge in [0.15, 0.2) is 0 Å². The van der Waals surface area contributed by atoms with Gasteiger partial charge in [-0.2, -0.15) is 0 Å².